The number of hydrogen-bond donors (Lipinski definition) is 1. The standard InChI is InChI=1S/C12H8F3N3O4/c13-12(14,15)6-22-9-8(3-4-16-17-9)18-5-1-2-7(10(18)19)11(20)21/h1-5H,6H2,(H,20,21). The van der Waals surface area contributed by atoms with Crippen LogP contribution < -0.4 is 10.3 Å². The van der Waals surface area contributed by atoms with Gasteiger partial charge < -0.3 is 9.84 Å². The Morgan fingerprint density at radius 2 is 2.09 bits per heavy atom. The lowest BCUT2D eigenvalue weighted by molar-refractivity contribution is -0.154. The first-order valence-electron chi connectivity index (χ1n) is 5.76. The minimum absolute atomic E-state index is 0.146. The van der Waals surface area contributed by atoms with Gasteiger partial charge in [-0.1, -0.05) is 0 Å². The number of aromatic carboxylic acids is 1. The van der Waals surface area contributed by atoms with Crippen molar-refractivity contribution < 1.29 is 27.8 Å². The average Bonchev–Trinajstić information content (AvgIpc) is 2.45. The summed E-state index contributed by atoms with van der Waals surface area (Å²) in [6.07, 6.45) is -2.27. The predicted molar refractivity (Wildman–Crippen MR) is 66.1 cm³/mol. The van der Waals surface area contributed by atoms with E-state index in [0.29, 0.717) is 0 Å². The normalized spacial score (nSPS) is 11.2. The van der Waals surface area contributed by atoms with E-state index >= 15 is 0 Å². The molecule has 2 aromatic rings. The van der Waals surface area contributed by atoms with Crippen molar-refractivity contribution in [1.29, 1.82) is 0 Å². The fraction of sp³-hybridized carbons (Fsp3) is 0.167. The van der Waals surface area contributed by atoms with Crippen LogP contribution >= 0.6 is 0 Å². The number of carboxylic acid groups (broad SMARTS) is 1. The van der Waals surface area contributed by atoms with Gasteiger partial charge in [-0.3, -0.25) is 9.36 Å². The molecule has 0 unspecified atom stereocenters. The molecule has 0 saturated heterocycles. The molecule has 1 N–H and O–H groups in total. The van der Waals surface area contributed by atoms with E-state index in [4.69, 9.17) is 5.11 Å². The van der Waals surface area contributed by atoms with E-state index < -0.39 is 35.8 Å². The highest BCUT2D eigenvalue weighted by molar-refractivity contribution is 5.87. The van der Waals surface area contributed by atoms with Crippen LogP contribution in [0.5, 0.6) is 5.88 Å². The van der Waals surface area contributed by atoms with Gasteiger partial charge in [0.15, 0.2) is 6.61 Å². The summed E-state index contributed by atoms with van der Waals surface area (Å²) in [7, 11) is 0. The molecule has 2 aromatic heterocycles. The molecule has 0 fully saturated rings. The lowest BCUT2D eigenvalue weighted by Crippen LogP contribution is -2.26. The summed E-state index contributed by atoms with van der Waals surface area (Å²) in [6, 6.07) is 3.52. The highest BCUT2D eigenvalue weighted by Gasteiger charge is 2.29. The number of aromatic nitrogens is 3. The zero-order chi connectivity index (χ0) is 16.3. The van der Waals surface area contributed by atoms with Gasteiger partial charge in [-0.25, -0.2) is 4.79 Å². The van der Waals surface area contributed by atoms with Crippen LogP contribution in [0.2, 0.25) is 0 Å². The monoisotopic (exact) mass is 315 g/mol. The van der Waals surface area contributed by atoms with Gasteiger partial charge in [0.05, 0.1) is 6.20 Å². The molecule has 0 bridgehead atoms. The van der Waals surface area contributed by atoms with Crippen LogP contribution in [0.1, 0.15) is 10.4 Å². The lowest BCUT2D eigenvalue weighted by Gasteiger charge is -2.12. The summed E-state index contributed by atoms with van der Waals surface area (Å²) in [6.45, 7) is -1.62. The fourth-order valence-electron chi connectivity index (χ4n) is 1.60. The molecule has 22 heavy (non-hydrogen) atoms. The molecular formula is C12H8F3N3O4. The molecule has 0 radical (unpaired) electrons. The number of pyridine rings is 1. The zero-order valence-corrected chi connectivity index (χ0v) is 10.7. The molecule has 0 amide bonds. The van der Waals surface area contributed by atoms with Gasteiger partial charge in [0.1, 0.15) is 11.3 Å². The fourth-order valence-corrected chi connectivity index (χ4v) is 1.60. The van der Waals surface area contributed by atoms with E-state index in [-0.39, 0.29) is 5.69 Å². The Morgan fingerprint density at radius 3 is 2.73 bits per heavy atom. The van der Waals surface area contributed by atoms with Gasteiger partial charge in [-0.2, -0.15) is 18.3 Å². The highest BCUT2D eigenvalue weighted by atomic mass is 19.4. The molecule has 0 saturated carbocycles. The van der Waals surface area contributed by atoms with Crippen LogP contribution in [0.4, 0.5) is 13.2 Å². The summed E-state index contributed by atoms with van der Waals surface area (Å²) in [4.78, 5) is 22.9. The van der Waals surface area contributed by atoms with Crippen molar-refractivity contribution in [1.82, 2.24) is 14.8 Å². The summed E-state index contributed by atoms with van der Waals surface area (Å²) in [5, 5.41) is 15.7. The molecular weight excluding hydrogens is 307 g/mol. The number of carbonyl (C=O) groups is 1. The molecule has 0 aliphatic carbocycles. The maximum absolute atomic E-state index is 12.2. The molecule has 116 valence electrons. The van der Waals surface area contributed by atoms with Crippen molar-refractivity contribution in [3.8, 4) is 11.6 Å². The maximum atomic E-state index is 12.2. The van der Waals surface area contributed by atoms with E-state index in [1.807, 2.05) is 0 Å². The highest BCUT2D eigenvalue weighted by Crippen LogP contribution is 2.21. The molecule has 0 spiro atoms. The van der Waals surface area contributed by atoms with E-state index in [0.717, 1.165) is 16.8 Å². The summed E-state index contributed by atoms with van der Waals surface area (Å²) in [5.74, 6) is -2.00. The van der Waals surface area contributed by atoms with Crippen LogP contribution in [-0.4, -0.2) is 38.6 Å². The second-order valence-electron chi connectivity index (χ2n) is 4.03. The van der Waals surface area contributed by atoms with Crippen molar-refractivity contribution >= 4 is 5.97 Å². The third kappa shape index (κ3) is 3.40. The predicted octanol–water partition coefficient (Wildman–Crippen LogP) is 1.27. The van der Waals surface area contributed by atoms with Crippen LogP contribution in [0.15, 0.2) is 35.4 Å². The van der Waals surface area contributed by atoms with Gasteiger partial charge in [0.25, 0.3) is 11.4 Å². The Kier molecular flexibility index (Phi) is 4.11. The first kappa shape index (κ1) is 15.5. The van der Waals surface area contributed by atoms with Crippen molar-refractivity contribution in [3.05, 3.63) is 46.5 Å². The van der Waals surface area contributed by atoms with Gasteiger partial charge >= 0.3 is 12.1 Å². The Bertz CT molecular complexity index is 758. The van der Waals surface area contributed by atoms with Crippen molar-refractivity contribution in [2.45, 2.75) is 6.18 Å². The number of ether oxygens (including phenoxy) is 1. The molecule has 7 nitrogen and oxygen atoms in total. The first-order valence-corrected chi connectivity index (χ1v) is 5.76. The van der Waals surface area contributed by atoms with Crippen molar-refractivity contribution in [2.24, 2.45) is 0 Å². The Morgan fingerprint density at radius 1 is 1.36 bits per heavy atom. The molecule has 0 aliphatic heterocycles. The van der Waals surface area contributed by atoms with Crippen molar-refractivity contribution in [3.63, 3.8) is 0 Å². The number of alkyl halides is 3. The van der Waals surface area contributed by atoms with Crippen molar-refractivity contribution in [2.75, 3.05) is 6.61 Å². The second kappa shape index (κ2) is 5.84. The molecule has 0 aromatic carbocycles. The SMILES string of the molecule is O=C(O)c1cccn(-c2ccnnc2OCC(F)(F)F)c1=O. The third-order valence-electron chi connectivity index (χ3n) is 2.48. The largest absolute Gasteiger partial charge is 0.477 e. The van der Waals surface area contributed by atoms with E-state index in [2.05, 4.69) is 14.9 Å². The van der Waals surface area contributed by atoms with Crippen LogP contribution in [-0.2, 0) is 0 Å². The minimum atomic E-state index is -4.59. The number of halogens is 3. The van der Waals surface area contributed by atoms with Gasteiger partial charge in [-0.05, 0) is 18.2 Å². The van der Waals surface area contributed by atoms with Gasteiger partial charge in [0, 0.05) is 6.20 Å². The molecule has 0 aliphatic rings. The quantitative estimate of drug-likeness (QED) is 0.913. The Labute approximate surface area is 120 Å². The summed E-state index contributed by atoms with van der Waals surface area (Å²) >= 11 is 0. The third-order valence-corrected chi connectivity index (χ3v) is 2.48. The number of rotatable bonds is 4. The second-order valence-corrected chi connectivity index (χ2v) is 4.03. The Balaban J connectivity index is 2.48. The lowest BCUT2D eigenvalue weighted by atomic mass is 10.2. The van der Waals surface area contributed by atoms with Crippen LogP contribution in [0, 0.1) is 0 Å². The zero-order valence-electron chi connectivity index (χ0n) is 10.7. The number of nitrogens with zero attached hydrogens (tertiary/aromatic N) is 3. The number of hydrogen-bond acceptors (Lipinski definition) is 5. The van der Waals surface area contributed by atoms with Crippen LogP contribution in [0.3, 0.4) is 0 Å². The topological polar surface area (TPSA) is 94.3 Å². The summed E-state index contributed by atoms with van der Waals surface area (Å²) in [5.41, 5.74) is -1.62. The smallest absolute Gasteiger partial charge is 0.422 e. The first-order chi connectivity index (χ1) is 10.3. The minimum Gasteiger partial charge on any atom is -0.477 e. The number of carboxylic acids is 1. The average molecular weight is 315 g/mol. The molecule has 2 rings (SSSR count). The Hall–Kier alpha value is -2.91. The maximum Gasteiger partial charge on any atom is 0.422 e. The van der Waals surface area contributed by atoms with E-state index in [9.17, 15) is 22.8 Å². The molecule has 2 heterocycles. The van der Waals surface area contributed by atoms with Gasteiger partial charge in [0.2, 0.25) is 0 Å². The molecule has 0 atom stereocenters. The summed E-state index contributed by atoms with van der Waals surface area (Å²) < 4.78 is 41.9. The molecule has 10 heteroatoms. The van der Waals surface area contributed by atoms with E-state index in [1.54, 1.807) is 0 Å². The van der Waals surface area contributed by atoms with Crippen LogP contribution in [0.25, 0.3) is 5.69 Å². The van der Waals surface area contributed by atoms with Gasteiger partial charge in [-0.15, -0.1) is 5.10 Å². The van der Waals surface area contributed by atoms with E-state index in [1.165, 1.54) is 18.3 Å².